The van der Waals surface area contributed by atoms with Crippen LogP contribution in [-0.4, -0.2) is 20.7 Å². The normalized spacial score (nSPS) is 10.5. The Kier molecular flexibility index (Phi) is 4.39. The fourth-order valence-electron chi connectivity index (χ4n) is 1.93. The molecular weight excluding hydrogens is 415 g/mol. The molecule has 0 radical (unpaired) electrons. The molecule has 0 saturated heterocycles. The van der Waals surface area contributed by atoms with Crippen LogP contribution in [0.15, 0.2) is 55.1 Å². The molecule has 0 fully saturated rings. The summed E-state index contributed by atoms with van der Waals surface area (Å²) in [5, 5.41) is 10.8. The van der Waals surface area contributed by atoms with Crippen LogP contribution in [-0.2, 0) is 0 Å². The topological polar surface area (TPSA) is 59.8 Å². The molecule has 0 saturated carbocycles. The molecule has 0 aliphatic carbocycles. The molecule has 0 aliphatic rings. The zero-order chi connectivity index (χ0) is 15.5. The van der Waals surface area contributed by atoms with Gasteiger partial charge in [0.1, 0.15) is 12.7 Å². The molecule has 1 aromatic heterocycles. The van der Waals surface area contributed by atoms with Gasteiger partial charge in [0, 0.05) is 9.26 Å². The quantitative estimate of drug-likeness (QED) is 0.651. The highest BCUT2D eigenvalue weighted by Crippen LogP contribution is 2.23. The van der Waals surface area contributed by atoms with E-state index < -0.39 is 0 Å². The van der Waals surface area contributed by atoms with Crippen LogP contribution < -0.4 is 5.32 Å². The van der Waals surface area contributed by atoms with Crippen molar-refractivity contribution in [3.8, 4) is 5.69 Å². The summed E-state index contributed by atoms with van der Waals surface area (Å²) >= 11 is 8.32. The number of halogens is 2. The number of nitrogens with zero attached hydrogens (tertiary/aromatic N) is 3. The van der Waals surface area contributed by atoms with Crippen LogP contribution >= 0.6 is 34.2 Å². The molecular formula is C15H10ClIN4O. The van der Waals surface area contributed by atoms with Crippen LogP contribution in [0.25, 0.3) is 5.69 Å². The number of aromatic nitrogens is 3. The lowest BCUT2D eigenvalue weighted by Crippen LogP contribution is -2.13. The predicted octanol–water partition coefficient (Wildman–Crippen LogP) is 3.78. The maximum absolute atomic E-state index is 12.5. The first-order chi connectivity index (χ1) is 10.6. The average Bonchev–Trinajstić information content (AvgIpc) is 3.04. The molecule has 3 rings (SSSR count). The minimum absolute atomic E-state index is 0.260. The molecule has 7 heteroatoms. The monoisotopic (exact) mass is 424 g/mol. The number of anilines is 1. The fraction of sp³-hybridized carbons (Fsp3) is 0. The molecule has 0 bridgehead atoms. The summed E-state index contributed by atoms with van der Waals surface area (Å²) in [4.78, 5) is 12.5. The van der Waals surface area contributed by atoms with E-state index in [4.69, 9.17) is 11.6 Å². The van der Waals surface area contributed by atoms with Crippen molar-refractivity contribution in [1.82, 2.24) is 14.8 Å². The van der Waals surface area contributed by atoms with Crippen LogP contribution in [0.5, 0.6) is 0 Å². The molecule has 0 unspecified atom stereocenters. The van der Waals surface area contributed by atoms with Gasteiger partial charge >= 0.3 is 0 Å². The average molecular weight is 425 g/mol. The molecule has 0 spiro atoms. The van der Waals surface area contributed by atoms with Gasteiger partial charge in [-0.2, -0.15) is 0 Å². The summed E-state index contributed by atoms with van der Waals surface area (Å²) in [6.45, 7) is 0. The van der Waals surface area contributed by atoms with Crippen molar-refractivity contribution >= 4 is 45.8 Å². The second kappa shape index (κ2) is 6.45. The summed E-state index contributed by atoms with van der Waals surface area (Å²) in [6, 6.07) is 12.7. The second-order valence-electron chi connectivity index (χ2n) is 4.47. The van der Waals surface area contributed by atoms with Gasteiger partial charge in [-0.25, -0.2) is 0 Å². The van der Waals surface area contributed by atoms with Crippen LogP contribution in [0.3, 0.4) is 0 Å². The van der Waals surface area contributed by atoms with Gasteiger partial charge in [-0.15, -0.1) is 10.2 Å². The number of rotatable bonds is 3. The fourth-order valence-corrected chi connectivity index (χ4v) is 2.66. The first-order valence-corrected chi connectivity index (χ1v) is 7.81. The van der Waals surface area contributed by atoms with Crippen LogP contribution in [0, 0.1) is 3.57 Å². The number of benzene rings is 2. The van der Waals surface area contributed by atoms with Crippen molar-refractivity contribution in [2.75, 3.05) is 5.32 Å². The van der Waals surface area contributed by atoms with Gasteiger partial charge in [-0.05, 0) is 52.9 Å². The SMILES string of the molecule is O=C(Nc1ccccc1I)c1cc(-n2cnnc2)ccc1Cl. The van der Waals surface area contributed by atoms with Crippen molar-refractivity contribution in [3.63, 3.8) is 0 Å². The van der Waals surface area contributed by atoms with E-state index in [-0.39, 0.29) is 5.91 Å². The zero-order valence-electron chi connectivity index (χ0n) is 11.2. The molecule has 5 nitrogen and oxygen atoms in total. The third-order valence-corrected chi connectivity index (χ3v) is 4.30. The largest absolute Gasteiger partial charge is 0.321 e. The first-order valence-electron chi connectivity index (χ1n) is 6.35. The highest BCUT2D eigenvalue weighted by Gasteiger charge is 2.13. The maximum Gasteiger partial charge on any atom is 0.257 e. The number of nitrogens with one attached hydrogen (secondary N) is 1. The van der Waals surface area contributed by atoms with Gasteiger partial charge in [0.15, 0.2) is 0 Å². The van der Waals surface area contributed by atoms with Crippen molar-refractivity contribution in [2.24, 2.45) is 0 Å². The van der Waals surface area contributed by atoms with Gasteiger partial charge in [-0.3, -0.25) is 9.36 Å². The Hall–Kier alpha value is -1.93. The molecule has 3 aromatic rings. The number of carbonyl (C=O) groups is 1. The van der Waals surface area contributed by atoms with E-state index in [1.165, 1.54) is 0 Å². The molecule has 0 aliphatic heterocycles. The lowest BCUT2D eigenvalue weighted by atomic mass is 10.1. The summed E-state index contributed by atoms with van der Waals surface area (Å²) in [5.41, 5.74) is 1.91. The molecule has 1 heterocycles. The highest BCUT2D eigenvalue weighted by molar-refractivity contribution is 14.1. The molecule has 22 heavy (non-hydrogen) atoms. The summed E-state index contributed by atoms with van der Waals surface area (Å²) in [5.74, 6) is -0.260. The van der Waals surface area contributed by atoms with Crippen molar-refractivity contribution in [2.45, 2.75) is 0 Å². The van der Waals surface area contributed by atoms with Gasteiger partial charge in [0.05, 0.1) is 16.3 Å². The Bertz CT molecular complexity index is 820. The van der Waals surface area contributed by atoms with E-state index >= 15 is 0 Å². The molecule has 1 amide bonds. The molecule has 0 atom stereocenters. The highest BCUT2D eigenvalue weighted by atomic mass is 127. The maximum atomic E-state index is 12.5. The Morgan fingerprint density at radius 2 is 1.86 bits per heavy atom. The lowest BCUT2D eigenvalue weighted by molar-refractivity contribution is 0.102. The standard InChI is InChI=1S/C15H10ClIN4O/c16-12-6-5-10(21-8-18-19-9-21)7-11(12)15(22)20-14-4-2-1-3-13(14)17/h1-9H,(H,20,22). The van der Waals surface area contributed by atoms with E-state index in [1.54, 1.807) is 35.4 Å². The number of para-hydroxylation sites is 1. The first kappa shape index (κ1) is 15.0. The lowest BCUT2D eigenvalue weighted by Gasteiger charge is -2.10. The van der Waals surface area contributed by atoms with Gasteiger partial charge < -0.3 is 5.32 Å². The number of amides is 1. The molecule has 2 aromatic carbocycles. The minimum atomic E-state index is -0.260. The van der Waals surface area contributed by atoms with Gasteiger partial charge in [0.2, 0.25) is 0 Å². The van der Waals surface area contributed by atoms with E-state index in [9.17, 15) is 4.79 Å². The third kappa shape index (κ3) is 3.12. The summed E-state index contributed by atoms with van der Waals surface area (Å²) in [6.07, 6.45) is 3.12. The molecule has 110 valence electrons. The Labute approximate surface area is 145 Å². The third-order valence-electron chi connectivity index (χ3n) is 3.03. The van der Waals surface area contributed by atoms with Crippen LogP contribution in [0.1, 0.15) is 10.4 Å². The summed E-state index contributed by atoms with van der Waals surface area (Å²) < 4.78 is 2.67. The number of carbonyl (C=O) groups excluding carboxylic acids is 1. The van der Waals surface area contributed by atoms with Crippen molar-refractivity contribution < 1.29 is 4.79 Å². The van der Waals surface area contributed by atoms with E-state index in [2.05, 4.69) is 38.1 Å². The van der Waals surface area contributed by atoms with Crippen LogP contribution in [0.2, 0.25) is 5.02 Å². The molecule has 1 N–H and O–H groups in total. The van der Waals surface area contributed by atoms with Gasteiger partial charge in [0.25, 0.3) is 5.91 Å². The predicted molar refractivity (Wildman–Crippen MR) is 93.5 cm³/mol. The van der Waals surface area contributed by atoms with E-state index in [0.717, 1.165) is 14.9 Å². The van der Waals surface area contributed by atoms with Crippen LogP contribution in [0.4, 0.5) is 5.69 Å². The Balaban J connectivity index is 1.92. The van der Waals surface area contributed by atoms with E-state index in [1.807, 2.05) is 24.3 Å². The smallest absolute Gasteiger partial charge is 0.257 e. The van der Waals surface area contributed by atoms with Crippen molar-refractivity contribution in [3.05, 3.63) is 69.3 Å². The Morgan fingerprint density at radius 1 is 1.14 bits per heavy atom. The van der Waals surface area contributed by atoms with E-state index in [0.29, 0.717) is 10.6 Å². The zero-order valence-corrected chi connectivity index (χ0v) is 14.1. The Morgan fingerprint density at radius 3 is 2.59 bits per heavy atom. The van der Waals surface area contributed by atoms with Gasteiger partial charge in [-0.1, -0.05) is 23.7 Å². The number of hydrogen-bond acceptors (Lipinski definition) is 3. The summed E-state index contributed by atoms with van der Waals surface area (Å²) in [7, 11) is 0. The minimum Gasteiger partial charge on any atom is -0.321 e. The number of hydrogen-bond donors (Lipinski definition) is 1. The van der Waals surface area contributed by atoms with Crippen molar-refractivity contribution in [1.29, 1.82) is 0 Å². The second-order valence-corrected chi connectivity index (χ2v) is 6.04.